The van der Waals surface area contributed by atoms with Gasteiger partial charge in [-0.1, -0.05) is 32.9 Å². The topological polar surface area (TPSA) is 26.3 Å². The van der Waals surface area contributed by atoms with Gasteiger partial charge in [-0.05, 0) is 36.0 Å². The molecule has 0 aliphatic heterocycles. The van der Waals surface area contributed by atoms with Gasteiger partial charge in [0.15, 0.2) is 0 Å². The van der Waals surface area contributed by atoms with Crippen LogP contribution >= 0.6 is 0 Å². The van der Waals surface area contributed by atoms with Gasteiger partial charge in [0.1, 0.15) is 11.5 Å². The van der Waals surface area contributed by atoms with Crippen LogP contribution in [-0.2, 0) is 9.53 Å². The minimum absolute atomic E-state index is 0.110. The van der Waals surface area contributed by atoms with Crippen molar-refractivity contribution in [2.75, 3.05) is 7.11 Å². The molecule has 2 heteroatoms. The number of allylic oxidation sites excluding steroid dienone is 5. The molecule has 1 saturated carbocycles. The normalized spacial score (nSPS) is 31.6. The number of carbonyl (C=O) groups is 1. The van der Waals surface area contributed by atoms with Crippen LogP contribution in [0.15, 0.2) is 35.6 Å². The van der Waals surface area contributed by atoms with Crippen molar-refractivity contribution in [2.45, 2.75) is 34.1 Å². The lowest BCUT2D eigenvalue weighted by Gasteiger charge is -2.30. The van der Waals surface area contributed by atoms with Gasteiger partial charge >= 0.3 is 0 Å². The summed E-state index contributed by atoms with van der Waals surface area (Å²) in [5.41, 5.74) is 0.885. The Morgan fingerprint density at radius 2 is 2.00 bits per heavy atom. The van der Waals surface area contributed by atoms with Crippen LogP contribution in [0.5, 0.6) is 0 Å². The Bertz CT molecular complexity index is 460. The standard InChI is InChI=1S/C16H22O2/c1-15(2,3)13-10-14(17)16(4)9-8-11(18-5)6-7-12(13)16/h6-9,13H,10H2,1-5H3/t13-,16+/m1/s1. The lowest BCUT2D eigenvalue weighted by atomic mass is 9.73. The highest BCUT2D eigenvalue weighted by atomic mass is 16.5. The molecule has 0 heterocycles. The highest BCUT2D eigenvalue weighted by molar-refractivity contribution is 5.94. The van der Waals surface area contributed by atoms with Crippen LogP contribution in [0, 0.1) is 16.7 Å². The monoisotopic (exact) mass is 246 g/mol. The molecule has 2 rings (SSSR count). The summed E-state index contributed by atoms with van der Waals surface area (Å²) in [6.07, 6.45) is 8.60. The van der Waals surface area contributed by atoms with E-state index in [1.54, 1.807) is 7.11 Å². The van der Waals surface area contributed by atoms with Gasteiger partial charge in [-0.3, -0.25) is 4.79 Å². The fourth-order valence-electron chi connectivity index (χ4n) is 2.89. The molecule has 0 aromatic carbocycles. The predicted molar refractivity (Wildman–Crippen MR) is 73.0 cm³/mol. The van der Waals surface area contributed by atoms with Crippen molar-refractivity contribution in [1.29, 1.82) is 0 Å². The zero-order chi connectivity index (χ0) is 13.6. The lowest BCUT2D eigenvalue weighted by Crippen LogP contribution is -2.23. The van der Waals surface area contributed by atoms with Crippen LogP contribution in [0.1, 0.15) is 34.1 Å². The summed E-state index contributed by atoms with van der Waals surface area (Å²) >= 11 is 0. The molecular formula is C16H22O2. The summed E-state index contributed by atoms with van der Waals surface area (Å²) in [5, 5.41) is 0. The van der Waals surface area contributed by atoms with E-state index in [1.165, 1.54) is 5.57 Å². The highest BCUT2D eigenvalue weighted by Crippen LogP contribution is 2.52. The average molecular weight is 246 g/mol. The average Bonchev–Trinajstić information content (AvgIpc) is 2.45. The van der Waals surface area contributed by atoms with E-state index in [4.69, 9.17) is 4.74 Å². The first kappa shape index (κ1) is 13.1. The predicted octanol–water partition coefficient (Wildman–Crippen LogP) is 3.65. The van der Waals surface area contributed by atoms with Crippen molar-refractivity contribution >= 4 is 5.78 Å². The Hall–Kier alpha value is -1.31. The number of hydrogen-bond donors (Lipinski definition) is 0. The zero-order valence-corrected chi connectivity index (χ0v) is 11.9. The third-order valence-electron chi connectivity index (χ3n) is 4.23. The Kier molecular flexibility index (Phi) is 3.00. The van der Waals surface area contributed by atoms with Crippen molar-refractivity contribution < 1.29 is 9.53 Å². The van der Waals surface area contributed by atoms with Crippen LogP contribution in [0.2, 0.25) is 0 Å². The summed E-state index contributed by atoms with van der Waals surface area (Å²) < 4.78 is 5.26. The van der Waals surface area contributed by atoms with Crippen LogP contribution in [-0.4, -0.2) is 12.9 Å². The summed E-state index contributed by atoms with van der Waals surface area (Å²) in [6, 6.07) is 0. The van der Waals surface area contributed by atoms with Crippen LogP contribution in [0.4, 0.5) is 0 Å². The first-order chi connectivity index (χ1) is 8.29. The SMILES string of the molecule is COC1=CC=C2[C@H](C(C)(C)C)CC(=O)[C@@]2(C)C=C1. The van der Waals surface area contributed by atoms with Crippen molar-refractivity contribution in [3.8, 4) is 0 Å². The minimum Gasteiger partial charge on any atom is -0.497 e. The van der Waals surface area contributed by atoms with E-state index in [1.807, 2.05) is 25.2 Å². The fourth-order valence-corrected chi connectivity index (χ4v) is 2.89. The van der Waals surface area contributed by atoms with Gasteiger partial charge in [-0.2, -0.15) is 0 Å². The smallest absolute Gasteiger partial charge is 0.147 e. The molecule has 0 unspecified atom stereocenters. The van der Waals surface area contributed by atoms with Gasteiger partial charge in [0.05, 0.1) is 12.5 Å². The molecule has 2 aliphatic carbocycles. The molecule has 18 heavy (non-hydrogen) atoms. The highest BCUT2D eigenvalue weighted by Gasteiger charge is 2.49. The maximum atomic E-state index is 12.4. The molecule has 98 valence electrons. The van der Waals surface area contributed by atoms with Gasteiger partial charge in [-0.25, -0.2) is 0 Å². The van der Waals surface area contributed by atoms with Crippen molar-refractivity contribution in [3.05, 3.63) is 35.6 Å². The third-order valence-corrected chi connectivity index (χ3v) is 4.23. The Labute approximate surface area is 109 Å². The van der Waals surface area contributed by atoms with Crippen LogP contribution < -0.4 is 0 Å². The number of fused-ring (bicyclic) bond motifs is 1. The molecule has 2 atom stereocenters. The van der Waals surface area contributed by atoms with E-state index in [-0.39, 0.29) is 5.41 Å². The van der Waals surface area contributed by atoms with Gasteiger partial charge in [-0.15, -0.1) is 0 Å². The molecule has 2 aliphatic rings. The molecule has 0 aromatic heterocycles. The van der Waals surface area contributed by atoms with E-state index in [0.29, 0.717) is 18.1 Å². The number of rotatable bonds is 1. The number of carbonyl (C=O) groups excluding carboxylic acids is 1. The maximum Gasteiger partial charge on any atom is 0.147 e. The molecule has 0 radical (unpaired) electrons. The summed E-state index contributed by atoms with van der Waals surface area (Å²) in [4.78, 5) is 12.4. The van der Waals surface area contributed by atoms with Gasteiger partial charge < -0.3 is 4.74 Å². The van der Waals surface area contributed by atoms with E-state index in [9.17, 15) is 4.79 Å². The number of Topliss-reactive ketones (excluding diaryl/α,β-unsaturated/α-hetero) is 1. The maximum absolute atomic E-state index is 12.4. The van der Waals surface area contributed by atoms with Crippen molar-refractivity contribution in [3.63, 3.8) is 0 Å². The largest absolute Gasteiger partial charge is 0.497 e. The molecule has 2 nitrogen and oxygen atoms in total. The van der Waals surface area contributed by atoms with Gasteiger partial charge in [0.2, 0.25) is 0 Å². The van der Waals surface area contributed by atoms with E-state index in [2.05, 4.69) is 26.8 Å². The minimum atomic E-state index is -0.450. The lowest BCUT2D eigenvalue weighted by molar-refractivity contribution is -0.122. The van der Waals surface area contributed by atoms with Crippen molar-refractivity contribution in [2.24, 2.45) is 16.7 Å². The molecule has 0 spiro atoms. The Balaban J connectivity index is 2.51. The van der Waals surface area contributed by atoms with Crippen molar-refractivity contribution in [1.82, 2.24) is 0 Å². The Morgan fingerprint density at radius 3 is 2.56 bits per heavy atom. The first-order valence-corrected chi connectivity index (χ1v) is 6.48. The summed E-state index contributed by atoms with van der Waals surface area (Å²) in [7, 11) is 1.65. The van der Waals surface area contributed by atoms with Crippen LogP contribution in [0.3, 0.4) is 0 Å². The number of hydrogen-bond acceptors (Lipinski definition) is 2. The Morgan fingerprint density at radius 1 is 1.33 bits per heavy atom. The first-order valence-electron chi connectivity index (χ1n) is 6.48. The quantitative estimate of drug-likeness (QED) is 0.706. The number of methoxy groups -OCH3 is 1. The molecule has 1 fully saturated rings. The van der Waals surface area contributed by atoms with Gasteiger partial charge in [0.25, 0.3) is 0 Å². The third kappa shape index (κ3) is 1.94. The second kappa shape index (κ2) is 4.11. The number of ketones is 1. The molecule has 0 aromatic rings. The van der Waals surface area contributed by atoms with Gasteiger partial charge in [0, 0.05) is 6.42 Å². The van der Waals surface area contributed by atoms with E-state index < -0.39 is 5.41 Å². The zero-order valence-electron chi connectivity index (χ0n) is 11.9. The summed E-state index contributed by atoms with van der Waals surface area (Å²) in [5.74, 6) is 1.43. The molecule has 0 N–H and O–H groups in total. The van der Waals surface area contributed by atoms with Crippen LogP contribution in [0.25, 0.3) is 0 Å². The second-order valence-corrected chi connectivity index (χ2v) is 6.48. The second-order valence-electron chi connectivity index (χ2n) is 6.48. The molecule has 0 bridgehead atoms. The van der Waals surface area contributed by atoms with E-state index >= 15 is 0 Å². The molecule has 0 amide bonds. The molecule has 0 saturated heterocycles. The molecular weight excluding hydrogens is 224 g/mol. The summed E-state index contributed by atoms with van der Waals surface area (Å²) in [6.45, 7) is 8.63. The fraction of sp³-hybridized carbons (Fsp3) is 0.562. The van der Waals surface area contributed by atoms with E-state index in [0.717, 1.165) is 5.76 Å². The number of ether oxygens (including phenoxy) is 1.